The molecule has 0 heterocycles. The number of nitrogens with zero attached hydrogens (tertiary/aromatic N) is 1. The molecule has 0 unspecified atom stereocenters. The third kappa shape index (κ3) is 3.87. The van der Waals surface area contributed by atoms with Crippen LogP contribution < -0.4 is 0 Å². The lowest BCUT2D eigenvalue weighted by molar-refractivity contribution is -0.385. The number of ketones is 1. The molecule has 1 aromatic rings. The Labute approximate surface area is 129 Å². The Morgan fingerprint density at radius 1 is 1.33 bits per heavy atom. The number of fused-ring (bicyclic) bond motifs is 1. The Morgan fingerprint density at radius 2 is 1.89 bits per heavy atom. The summed E-state index contributed by atoms with van der Waals surface area (Å²) >= 11 is 4.24. The van der Waals surface area contributed by atoms with Gasteiger partial charge in [-0.3, -0.25) is 14.9 Å². The molecule has 1 aliphatic carbocycles. The largest absolute Gasteiger partial charge is 0.300 e. The number of aryl methyl sites for hydroxylation is 2. The minimum absolute atomic E-state index is 0.0407. The van der Waals surface area contributed by atoms with Crippen molar-refractivity contribution in [1.29, 1.82) is 0 Å². The van der Waals surface area contributed by atoms with Crippen LogP contribution in [0.5, 0.6) is 0 Å². The van der Waals surface area contributed by atoms with Gasteiger partial charge in [-0.25, -0.2) is 0 Å². The molecular formula is C12H13I2NO3. The normalized spacial score (nSPS) is 12.4. The number of benzene rings is 1. The molecule has 0 N–H and O–H groups in total. The van der Waals surface area contributed by atoms with Crippen LogP contribution in [-0.4, -0.2) is 10.7 Å². The van der Waals surface area contributed by atoms with Crippen molar-refractivity contribution in [1.82, 2.24) is 0 Å². The second kappa shape index (κ2) is 7.37. The first kappa shape index (κ1) is 15.8. The molecule has 0 aliphatic heterocycles. The first-order valence-electron chi connectivity index (χ1n) is 5.50. The summed E-state index contributed by atoms with van der Waals surface area (Å²) in [6.07, 6.45) is 3.09. The van der Waals surface area contributed by atoms with Gasteiger partial charge < -0.3 is 0 Å². The SMILES string of the molecule is CC(=O)Cc1cc2c(cc1[N+](=O)[O-])CCC2.II. The van der Waals surface area contributed by atoms with Gasteiger partial charge in [-0.1, -0.05) is 0 Å². The smallest absolute Gasteiger partial charge is 0.273 e. The summed E-state index contributed by atoms with van der Waals surface area (Å²) in [7, 11) is 0. The lowest BCUT2D eigenvalue weighted by Gasteiger charge is -2.05. The number of carbonyl (C=O) groups excluding carboxylic acids is 1. The van der Waals surface area contributed by atoms with E-state index in [4.69, 9.17) is 0 Å². The number of halogens is 2. The molecule has 0 spiro atoms. The van der Waals surface area contributed by atoms with E-state index in [1.54, 1.807) is 6.07 Å². The fourth-order valence-corrected chi connectivity index (χ4v) is 2.24. The van der Waals surface area contributed by atoms with E-state index >= 15 is 0 Å². The van der Waals surface area contributed by atoms with Crippen LogP contribution in [0.25, 0.3) is 0 Å². The quantitative estimate of drug-likeness (QED) is 0.379. The lowest BCUT2D eigenvalue weighted by Crippen LogP contribution is -2.03. The molecule has 1 aromatic carbocycles. The number of hydrogen-bond acceptors (Lipinski definition) is 3. The molecule has 0 saturated carbocycles. The van der Waals surface area contributed by atoms with E-state index in [2.05, 4.69) is 37.2 Å². The maximum absolute atomic E-state index is 11.1. The van der Waals surface area contributed by atoms with Gasteiger partial charge in [0.25, 0.3) is 5.69 Å². The fourth-order valence-electron chi connectivity index (χ4n) is 2.24. The third-order valence-electron chi connectivity index (χ3n) is 2.93. The van der Waals surface area contributed by atoms with Crippen LogP contribution in [0, 0.1) is 10.1 Å². The van der Waals surface area contributed by atoms with Gasteiger partial charge in [0.05, 0.1) is 4.92 Å². The summed E-state index contributed by atoms with van der Waals surface area (Å²) in [5.41, 5.74) is 2.88. The van der Waals surface area contributed by atoms with E-state index in [0.29, 0.717) is 5.56 Å². The zero-order chi connectivity index (χ0) is 13.7. The van der Waals surface area contributed by atoms with E-state index in [0.717, 1.165) is 24.8 Å². The summed E-state index contributed by atoms with van der Waals surface area (Å²) in [4.78, 5) is 21.6. The maximum Gasteiger partial charge on any atom is 0.273 e. The van der Waals surface area contributed by atoms with E-state index in [1.807, 2.05) is 6.07 Å². The first-order valence-corrected chi connectivity index (χ1v) is 11.8. The highest BCUT2D eigenvalue weighted by atomic mass is 128. The topological polar surface area (TPSA) is 60.2 Å². The van der Waals surface area contributed by atoms with Crippen molar-refractivity contribution in [2.75, 3.05) is 0 Å². The van der Waals surface area contributed by atoms with Crippen LogP contribution in [0.4, 0.5) is 5.69 Å². The van der Waals surface area contributed by atoms with Gasteiger partial charge in [-0.05, 0) is 43.4 Å². The number of Topliss-reactive ketones (excluding diaryl/α,β-unsaturated/α-hetero) is 1. The number of carbonyl (C=O) groups is 1. The summed E-state index contributed by atoms with van der Waals surface area (Å²) < 4.78 is 0. The van der Waals surface area contributed by atoms with Gasteiger partial charge in [0.15, 0.2) is 0 Å². The van der Waals surface area contributed by atoms with Crippen LogP contribution in [-0.2, 0) is 24.1 Å². The average molecular weight is 473 g/mol. The van der Waals surface area contributed by atoms with E-state index in [1.165, 1.54) is 12.5 Å². The van der Waals surface area contributed by atoms with Crippen molar-refractivity contribution in [2.24, 2.45) is 0 Å². The molecule has 0 fully saturated rings. The molecule has 0 aromatic heterocycles. The fraction of sp³-hybridized carbons (Fsp3) is 0.417. The summed E-state index contributed by atoms with van der Waals surface area (Å²) in [6.45, 7) is 1.46. The molecule has 2 rings (SSSR count). The van der Waals surface area contributed by atoms with Crippen molar-refractivity contribution >= 4 is 48.7 Å². The number of rotatable bonds is 3. The number of nitro benzene ring substituents is 1. The van der Waals surface area contributed by atoms with Crippen molar-refractivity contribution in [3.63, 3.8) is 0 Å². The first-order chi connectivity index (χ1) is 8.58. The zero-order valence-corrected chi connectivity index (χ0v) is 14.2. The Morgan fingerprint density at radius 3 is 2.39 bits per heavy atom. The lowest BCUT2D eigenvalue weighted by atomic mass is 10.0. The van der Waals surface area contributed by atoms with Crippen molar-refractivity contribution < 1.29 is 9.72 Å². The molecule has 6 heteroatoms. The molecule has 0 saturated heterocycles. The molecule has 0 bridgehead atoms. The predicted molar refractivity (Wildman–Crippen MR) is 87.5 cm³/mol. The van der Waals surface area contributed by atoms with Gasteiger partial charge in [0.2, 0.25) is 0 Å². The molecule has 0 atom stereocenters. The van der Waals surface area contributed by atoms with E-state index in [-0.39, 0.29) is 17.9 Å². The highest BCUT2D eigenvalue weighted by Crippen LogP contribution is 2.30. The molecule has 4 nitrogen and oxygen atoms in total. The number of nitro groups is 1. The zero-order valence-electron chi connectivity index (χ0n) is 9.91. The van der Waals surface area contributed by atoms with Crippen LogP contribution in [0.1, 0.15) is 30.0 Å². The van der Waals surface area contributed by atoms with Gasteiger partial charge in [0.1, 0.15) is 5.78 Å². The van der Waals surface area contributed by atoms with E-state index in [9.17, 15) is 14.9 Å². The predicted octanol–water partition coefficient (Wildman–Crippen LogP) is 3.99. The van der Waals surface area contributed by atoms with Crippen LogP contribution >= 0.6 is 37.2 Å². The van der Waals surface area contributed by atoms with Gasteiger partial charge in [-0.15, -0.1) is 0 Å². The average Bonchev–Trinajstić information content (AvgIpc) is 2.76. The van der Waals surface area contributed by atoms with Gasteiger partial charge in [0, 0.05) is 55.3 Å². The molecule has 0 amide bonds. The monoisotopic (exact) mass is 473 g/mol. The van der Waals surface area contributed by atoms with Crippen LogP contribution in [0.3, 0.4) is 0 Å². The van der Waals surface area contributed by atoms with Gasteiger partial charge in [-0.2, -0.15) is 0 Å². The summed E-state index contributed by atoms with van der Waals surface area (Å²) in [6, 6.07) is 3.47. The van der Waals surface area contributed by atoms with Crippen molar-refractivity contribution in [3.8, 4) is 0 Å². The highest BCUT2D eigenvalue weighted by molar-refractivity contribution is 15.0. The minimum atomic E-state index is -0.392. The Hall–Kier alpha value is -0.250. The molecule has 98 valence electrons. The van der Waals surface area contributed by atoms with Crippen molar-refractivity contribution in [3.05, 3.63) is 38.9 Å². The summed E-state index contributed by atoms with van der Waals surface area (Å²) in [5, 5.41) is 10.9. The van der Waals surface area contributed by atoms with Gasteiger partial charge >= 0.3 is 0 Å². The second-order valence-corrected chi connectivity index (χ2v) is 4.24. The summed E-state index contributed by atoms with van der Waals surface area (Å²) in [5.74, 6) is -0.0407. The molecule has 18 heavy (non-hydrogen) atoms. The van der Waals surface area contributed by atoms with Crippen LogP contribution in [0.15, 0.2) is 12.1 Å². The third-order valence-corrected chi connectivity index (χ3v) is 2.93. The molecular weight excluding hydrogens is 460 g/mol. The Kier molecular flexibility index (Phi) is 6.47. The standard InChI is InChI=1S/C12H13NO3.I2/c1-8(14)5-11-6-9-3-2-4-10(9)7-12(11)13(15)16;1-2/h6-7H,2-5H2,1H3;. The Bertz CT molecular complexity index is 475. The minimum Gasteiger partial charge on any atom is -0.300 e. The Balaban J connectivity index is 0.000000771. The van der Waals surface area contributed by atoms with E-state index < -0.39 is 4.92 Å². The van der Waals surface area contributed by atoms with Crippen LogP contribution in [0.2, 0.25) is 0 Å². The second-order valence-electron chi connectivity index (χ2n) is 4.24. The highest BCUT2D eigenvalue weighted by Gasteiger charge is 2.21. The molecule has 0 radical (unpaired) electrons. The number of hydrogen-bond donors (Lipinski definition) is 0. The maximum atomic E-state index is 11.1. The van der Waals surface area contributed by atoms with Crippen molar-refractivity contribution in [2.45, 2.75) is 32.6 Å². The molecule has 1 aliphatic rings.